The van der Waals surface area contributed by atoms with Crippen molar-refractivity contribution in [3.8, 4) is 0 Å². The smallest absolute Gasteiger partial charge is 0.226 e. The van der Waals surface area contributed by atoms with Crippen LogP contribution >= 0.6 is 12.4 Å². The molecule has 0 spiro atoms. The van der Waals surface area contributed by atoms with Gasteiger partial charge in [-0.3, -0.25) is 4.79 Å². The standard InChI is InChI=1S/C13H24N2O2.ClH/c1-9-7-17-8-10(2)15(9)13(16)12-5-3-4-11(12)6-14;/h9-12H,3-8,14H2,1-2H3;1H/t9?,10?,11-,12-;/m1./s1. The first-order valence-corrected chi connectivity index (χ1v) is 6.75. The summed E-state index contributed by atoms with van der Waals surface area (Å²) in [4.78, 5) is 14.6. The minimum atomic E-state index is 0. The molecule has 1 aliphatic heterocycles. The Kier molecular flexibility index (Phi) is 5.89. The second kappa shape index (κ2) is 6.73. The van der Waals surface area contributed by atoms with Crippen molar-refractivity contribution in [1.29, 1.82) is 0 Å². The minimum absolute atomic E-state index is 0. The molecule has 0 bridgehead atoms. The molecule has 1 saturated heterocycles. The Labute approximate surface area is 116 Å². The number of hydrogen-bond donors (Lipinski definition) is 1. The van der Waals surface area contributed by atoms with Crippen molar-refractivity contribution in [2.24, 2.45) is 17.6 Å². The van der Waals surface area contributed by atoms with E-state index in [2.05, 4.69) is 13.8 Å². The van der Waals surface area contributed by atoms with Gasteiger partial charge in [-0.25, -0.2) is 0 Å². The van der Waals surface area contributed by atoms with Crippen LogP contribution < -0.4 is 5.73 Å². The van der Waals surface area contributed by atoms with Crippen LogP contribution in [0.3, 0.4) is 0 Å². The average Bonchev–Trinajstić information content (AvgIpc) is 2.76. The van der Waals surface area contributed by atoms with Crippen molar-refractivity contribution in [2.75, 3.05) is 19.8 Å². The van der Waals surface area contributed by atoms with Crippen LogP contribution in [0.15, 0.2) is 0 Å². The highest BCUT2D eigenvalue weighted by Gasteiger charge is 2.39. The molecule has 18 heavy (non-hydrogen) atoms. The summed E-state index contributed by atoms with van der Waals surface area (Å²) in [5.41, 5.74) is 5.77. The first kappa shape index (κ1) is 15.7. The Morgan fingerprint density at radius 1 is 1.28 bits per heavy atom. The van der Waals surface area contributed by atoms with Crippen LogP contribution in [0.1, 0.15) is 33.1 Å². The quantitative estimate of drug-likeness (QED) is 0.830. The fourth-order valence-electron chi connectivity index (χ4n) is 3.27. The molecule has 2 rings (SSSR count). The molecule has 4 nitrogen and oxygen atoms in total. The maximum absolute atomic E-state index is 12.6. The zero-order valence-electron chi connectivity index (χ0n) is 11.3. The summed E-state index contributed by atoms with van der Waals surface area (Å²) in [5.74, 6) is 0.856. The van der Waals surface area contributed by atoms with Gasteiger partial charge in [0.2, 0.25) is 5.91 Å². The summed E-state index contributed by atoms with van der Waals surface area (Å²) in [6.45, 7) is 6.11. The summed E-state index contributed by atoms with van der Waals surface area (Å²) in [6.07, 6.45) is 3.27. The Morgan fingerprint density at radius 2 is 1.89 bits per heavy atom. The van der Waals surface area contributed by atoms with Gasteiger partial charge in [-0.05, 0) is 39.2 Å². The predicted molar refractivity (Wildman–Crippen MR) is 73.7 cm³/mol. The average molecular weight is 277 g/mol. The van der Waals surface area contributed by atoms with Crippen LogP contribution in [0, 0.1) is 11.8 Å². The lowest BCUT2D eigenvalue weighted by Gasteiger charge is -2.41. The lowest BCUT2D eigenvalue weighted by Crippen LogP contribution is -2.55. The third kappa shape index (κ3) is 2.98. The maximum atomic E-state index is 12.6. The van der Waals surface area contributed by atoms with E-state index in [0.717, 1.165) is 19.3 Å². The largest absolute Gasteiger partial charge is 0.377 e. The van der Waals surface area contributed by atoms with Gasteiger partial charge in [-0.2, -0.15) is 0 Å². The molecule has 1 aliphatic carbocycles. The monoisotopic (exact) mass is 276 g/mol. The molecule has 0 aromatic heterocycles. The van der Waals surface area contributed by atoms with Gasteiger partial charge in [0.1, 0.15) is 0 Å². The second-order valence-electron chi connectivity index (χ2n) is 5.51. The van der Waals surface area contributed by atoms with E-state index in [0.29, 0.717) is 31.6 Å². The van der Waals surface area contributed by atoms with Crippen molar-refractivity contribution in [2.45, 2.75) is 45.2 Å². The number of nitrogens with zero attached hydrogens (tertiary/aromatic N) is 1. The molecule has 4 atom stereocenters. The summed E-state index contributed by atoms with van der Waals surface area (Å²) in [7, 11) is 0. The van der Waals surface area contributed by atoms with Gasteiger partial charge in [0.15, 0.2) is 0 Å². The number of nitrogens with two attached hydrogens (primary N) is 1. The molecule has 0 radical (unpaired) electrons. The molecule has 1 heterocycles. The number of amides is 1. The molecule has 0 aromatic carbocycles. The van der Waals surface area contributed by atoms with Crippen molar-refractivity contribution >= 4 is 18.3 Å². The molecule has 1 saturated carbocycles. The molecule has 2 fully saturated rings. The highest BCUT2D eigenvalue weighted by atomic mass is 35.5. The van der Waals surface area contributed by atoms with Gasteiger partial charge < -0.3 is 15.4 Å². The van der Waals surface area contributed by atoms with E-state index in [-0.39, 0.29) is 30.4 Å². The highest BCUT2D eigenvalue weighted by Crippen LogP contribution is 2.33. The van der Waals surface area contributed by atoms with Crippen molar-refractivity contribution in [3.63, 3.8) is 0 Å². The van der Waals surface area contributed by atoms with Crippen LogP contribution in [-0.4, -0.2) is 42.6 Å². The lowest BCUT2D eigenvalue weighted by molar-refractivity contribution is -0.149. The van der Waals surface area contributed by atoms with E-state index in [9.17, 15) is 4.79 Å². The topological polar surface area (TPSA) is 55.6 Å². The van der Waals surface area contributed by atoms with Crippen molar-refractivity contribution < 1.29 is 9.53 Å². The third-order valence-electron chi connectivity index (χ3n) is 4.20. The molecule has 2 aliphatic rings. The van der Waals surface area contributed by atoms with Crippen LogP contribution in [0.25, 0.3) is 0 Å². The Morgan fingerprint density at radius 3 is 2.44 bits per heavy atom. The van der Waals surface area contributed by atoms with Gasteiger partial charge in [0.25, 0.3) is 0 Å². The molecular formula is C13H25ClN2O2. The Bertz CT molecular complexity index is 278. The van der Waals surface area contributed by atoms with Gasteiger partial charge >= 0.3 is 0 Å². The molecular weight excluding hydrogens is 252 g/mol. The van der Waals surface area contributed by atoms with E-state index in [4.69, 9.17) is 10.5 Å². The number of halogens is 1. The van der Waals surface area contributed by atoms with E-state index >= 15 is 0 Å². The Hall–Kier alpha value is -0.320. The molecule has 1 amide bonds. The fraction of sp³-hybridized carbons (Fsp3) is 0.923. The zero-order valence-corrected chi connectivity index (χ0v) is 12.1. The summed E-state index contributed by atoms with van der Waals surface area (Å²) >= 11 is 0. The number of carbonyl (C=O) groups excluding carboxylic acids is 1. The second-order valence-corrected chi connectivity index (χ2v) is 5.51. The molecule has 0 aromatic rings. The fourth-order valence-corrected chi connectivity index (χ4v) is 3.27. The summed E-state index contributed by atoms with van der Waals surface area (Å²) < 4.78 is 5.47. The number of carbonyl (C=O) groups is 1. The highest BCUT2D eigenvalue weighted by molar-refractivity contribution is 5.85. The summed E-state index contributed by atoms with van der Waals surface area (Å²) in [5, 5.41) is 0. The molecule has 2 N–H and O–H groups in total. The van der Waals surface area contributed by atoms with E-state index < -0.39 is 0 Å². The summed E-state index contributed by atoms with van der Waals surface area (Å²) in [6, 6.07) is 0.399. The van der Waals surface area contributed by atoms with Gasteiger partial charge in [-0.15, -0.1) is 12.4 Å². The van der Waals surface area contributed by atoms with E-state index in [1.54, 1.807) is 0 Å². The first-order chi connectivity index (χ1) is 8.15. The number of ether oxygens (including phenoxy) is 1. The lowest BCUT2D eigenvalue weighted by atomic mass is 9.93. The van der Waals surface area contributed by atoms with Crippen LogP contribution in [-0.2, 0) is 9.53 Å². The SMILES string of the molecule is CC1COCC(C)N1C(=O)[C@@H]1CCC[C@@H]1CN.Cl. The molecule has 5 heteroatoms. The number of rotatable bonds is 2. The normalized spacial score (nSPS) is 36.3. The van der Waals surface area contributed by atoms with Crippen LogP contribution in [0.5, 0.6) is 0 Å². The third-order valence-corrected chi connectivity index (χ3v) is 4.20. The number of hydrogen-bond acceptors (Lipinski definition) is 3. The molecule has 106 valence electrons. The Balaban J connectivity index is 0.00000162. The van der Waals surface area contributed by atoms with Crippen LogP contribution in [0.4, 0.5) is 0 Å². The van der Waals surface area contributed by atoms with Gasteiger partial charge in [-0.1, -0.05) is 6.42 Å². The van der Waals surface area contributed by atoms with Crippen molar-refractivity contribution in [1.82, 2.24) is 4.90 Å². The van der Waals surface area contributed by atoms with Crippen molar-refractivity contribution in [3.05, 3.63) is 0 Å². The van der Waals surface area contributed by atoms with Crippen LogP contribution in [0.2, 0.25) is 0 Å². The van der Waals surface area contributed by atoms with Gasteiger partial charge in [0, 0.05) is 5.92 Å². The minimum Gasteiger partial charge on any atom is -0.377 e. The predicted octanol–water partition coefficient (Wildman–Crippen LogP) is 1.42. The maximum Gasteiger partial charge on any atom is 0.226 e. The zero-order chi connectivity index (χ0) is 12.4. The molecule has 2 unspecified atom stereocenters. The van der Waals surface area contributed by atoms with E-state index in [1.807, 2.05) is 4.90 Å². The number of morpholine rings is 1. The van der Waals surface area contributed by atoms with E-state index in [1.165, 1.54) is 0 Å². The van der Waals surface area contributed by atoms with Gasteiger partial charge in [0.05, 0.1) is 25.3 Å². The first-order valence-electron chi connectivity index (χ1n) is 6.75.